The lowest BCUT2D eigenvalue weighted by atomic mass is 9.97. The molecule has 2 rings (SSSR count). The number of benzene rings is 1. The Bertz CT molecular complexity index is 404. The van der Waals surface area contributed by atoms with Crippen molar-refractivity contribution in [1.82, 2.24) is 0 Å². The summed E-state index contributed by atoms with van der Waals surface area (Å²) in [4.78, 5) is 0. The van der Waals surface area contributed by atoms with Crippen molar-refractivity contribution in [1.29, 1.82) is 0 Å². The minimum Gasteiger partial charge on any atom is -0.380 e. The van der Waals surface area contributed by atoms with Crippen LogP contribution < -0.4 is 5.32 Å². The maximum atomic E-state index is 14.0. The third-order valence-electron chi connectivity index (χ3n) is 4.59. The van der Waals surface area contributed by atoms with Crippen molar-refractivity contribution in [3.63, 3.8) is 0 Å². The normalized spacial score (nSPS) is 19.5. The number of hydrogen-bond acceptors (Lipinski definition) is 1. The lowest BCUT2D eigenvalue weighted by Crippen LogP contribution is -2.20. The molecule has 1 nitrogen and oxygen atoms in total. The van der Waals surface area contributed by atoms with Crippen LogP contribution in [-0.2, 0) is 0 Å². The Kier molecular flexibility index (Phi) is 7.05. The highest BCUT2D eigenvalue weighted by Gasteiger charge is 2.11. The van der Waals surface area contributed by atoms with Gasteiger partial charge in [0.15, 0.2) is 0 Å². The summed E-state index contributed by atoms with van der Waals surface area (Å²) in [5.41, 5.74) is 1.66. The van der Waals surface area contributed by atoms with Gasteiger partial charge < -0.3 is 5.32 Å². The van der Waals surface area contributed by atoms with Crippen LogP contribution in [0.4, 0.5) is 10.1 Å². The largest absolute Gasteiger partial charge is 0.380 e. The molecule has 0 aromatic heterocycles. The molecule has 1 saturated carbocycles. The summed E-state index contributed by atoms with van der Waals surface area (Å²) in [6, 6.07) is 5.93. The van der Waals surface area contributed by atoms with E-state index in [4.69, 9.17) is 0 Å². The first kappa shape index (κ1) is 16.3. The predicted molar refractivity (Wildman–Crippen MR) is 89.3 cm³/mol. The van der Waals surface area contributed by atoms with E-state index < -0.39 is 0 Å². The van der Waals surface area contributed by atoms with Crippen LogP contribution in [0.15, 0.2) is 18.2 Å². The van der Waals surface area contributed by atoms with E-state index in [-0.39, 0.29) is 5.82 Å². The molecule has 0 heterocycles. The third-order valence-corrected chi connectivity index (χ3v) is 4.59. The van der Waals surface area contributed by atoms with Crippen molar-refractivity contribution in [2.45, 2.75) is 83.6 Å². The Labute approximate surface area is 129 Å². The highest BCUT2D eigenvalue weighted by molar-refractivity contribution is 5.46. The molecular formula is C19H30FN. The first-order chi connectivity index (χ1) is 10.3. The second kappa shape index (κ2) is 9.07. The molecule has 0 unspecified atom stereocenters. The maximum absolute atomic E-state index is 14.0. The van der Waals surface area contributed by atoms with Gasteiger partial charge >= 0.3 is 0 Å². The smallest absolute Gasteiger partial charge is 0.146 e. The lowest BCUT2D eigenvalue weighted by Gasteiger charge is -2.21. The molecule has 0 radical (unpaired) electrons. The van der Waals surface area contributed by atoms with Crippen LogP contribution in [0, 0.1) is 12.7 Å². The number of anilines is 1. The van der Waals surface area contributed by atoms with Gasteiger partial charge in [0.1, 0.15) is 5.82 Å². The highest BCUT2D eigenvalue weighted by atomic mass is 19.1. The molecule has 0 amide bonds. The Morgan fingerprint density at radius 3 is 1.90 bits per heavy atom. The van der Waals surface area contributed by atoms with E-state index in [1.807, 2.05) is 19.1 Å². The second-order valence-electron chi connectivity index (χ2n) is 6.58. The molecule has 2 heteroatoms. The van der Waals surface area contributed by atoms with Crippen molar-refractivity contribution >= 4 is 5.69 Å². The lowest BCUT2D eigenvalue weighted by molar-refractivity contribution is 0.478. The zero-order chi connectivity index (χ0) is 14.9. The van der Waals surface area contributed by atoms with Crippen LogP contribution in [-0.4, -0.2) is 6.04 Å². The molecule has 1 aliphatic carbocycles. The van der Waals surface area contributed by atoms with Crippen molar-refractivity contribution in [2.24, 2.45) is 0 Å². The van der Waals surface area contributed by atoms with E-state index in [0.29, 0.717) is 11.7 Å². The predicted octanol–water partition coefficient (Wildman–Crippen LogP) is 6.22. The average Bonchev–Trinajstić information content (AvgIpc) is 2.44. The van der Waals surface area contributed by atoms with Gasteiger partial charge in [-0.15, -0.1) is 0 Å². The van der Waals surface area contributed by atoms with Gasteiger partial charge in [0.25, 0.3) is 0 Å². The average molecular weight is 291 g/mol. The Morgan fingerprint density at radius 1 is 0.857 bits per heavy atom. The van der Waals surface area contributed by atoms with E-state index >= 15 is 0 Å². The summed E-state index contributed by atoms with van der Waals surface area (Å²) in [7, 11) is 0. The van der Waals surface area contributed by atoms with Gasteiger partial charge in [-0.2, -0.15) is 0 Å². The van der Waals surface area contributed by atoms with Crippen LogP contribution in [0.25, 0.3) is 0 Å². The summed E-state index contributed by atoms with van der Waals surface area (Å²) in [6.45, 7) is 1.93. The van der Waals surface area contributed by atoms with Gasteiger partial charge in [-0.1, -0.05) is 63.9 Å². The minimum absolute atomic E-state index is 0.110. The summed E-state index contributed by atoms with van der Waals surface area (Å²) in [5, 5.41) is 3.45. The van der Waals surface area contributed by atoms with E-state index in [1.54, 1.807) is 6.07 Å². The molecule has 1 fully saturated rings. The fourth-order valence-electron chi connectivity index (χ4n) is 3.26. The number of aryl methyl sites for hydroxylation is 1. The summed E-state index contributed by atoms with van der Waals surface area (Å²) < 4.78 is 14.0. The quantitative estimate of drug-likeness (QED) is 0.682. The zero-order valence-corrected chi connectivity index (χ0v) is 13.5. The van der Waals surface area contributed by atoms with E-state index in [9.17, 15) is 4.39 Å². The minimum atomic E-state index is -0.110. The molecule has 0 aliphatic heterocycles. The highest BCUT2D eigenvalue weighted by Crippen LogP contribution is 2.22. The molecular weight excluding hydrogens is 261 g/mol. The maximum Gasteiger partial charge on any atom is 0.146 e. The molecule has 1 aromatic carbocycles. The molecule has 0 atom stereocenters. The summed E-state index contributed by atoms with van der Waals surface area (Å²) >= 11 is 0. The first-order valence-electron chi connectivity index (χ1n) is 8.78. The van der Waals surface area contributed by atoms with E-state index in [2.05, 4.69) is 5.32 Å². The summed E-state index contributed by atoms with van der Waals surface area (Å²) in [6.07, 6.45) is 14.5. The number of nitrogens with one attached hydrogen (secondary N) is 1. The second-order valence-corrected chi connectivity index (χ2v) is 6.58. The number of rotatable bonds is 2. The number of halogens is 1. The van der Waals surface area contributed by atoms with E-state index in [0.717, 1.165) is 5.56 Å². The van der Waals surface area contributed by atoms with Crippen molar-refractivity contribution < 1.29 is 4.39 Å². The molecule has 1 aromatic rings. The number of hydrogen-bond donors (Lipinski definition) is 1. The van der Waals surface area contributed by atoms with Gasteiger partial charge in [-0.25, -0.2) is 4.39 Å². The van der Waals surface area contributed by atoms with Gasteiger partial charge in [0, 0.05) is 6.04 Å². The Morgan fingerprint density at radius 2 is 1.38 bits per heavy atom. The zero-order valence-electron chi connectivity index (χ0n) is 13.5. The third kappa shape index (κ3) is 6.07. The Hall–Kier alpha value is -1.05. The molecule has 0 saturated heterocycles. The van der Waals surface area contributed by atoms with Gasteiger partial charge in [0.2, 0.25) is 0 Å². The standard InChI is InChI=1S/C19H30FN/c1-16-13-14-19(18(20)15-16)21-17-11-9-7-5-3-2-4-6-8-10-12-17/h13-15,17,21H,2-12H2,1H3. The van der Waals surface area contributed by atoms with Crippen LogP contribution in [0.2, 0.25) is 0 Å². The van der Waals surface area contributed by atoms with Crippen molar-refractivity contribution in [2.75, 3.05) is 5.32 Å². The first-order valence-corrected chi connectivity index (χ1v) is 8.78. The van der Waals surface area contributed by atoms with Gasteiger partial charge in [-0.3, -0.25) is 0 Å². The SMILES string of the molecule is Cc1ccc(NC2CCCCCCCCCCC2)c(F)c1. The van der Waals surface area contributed by atoms with Gasteiger partial charge in [0.05, 0.1) is 5.69 Å². The monoisotopic (exact) mass is 291 g/mol. The topological polar surface area (TPSA) is 12.0 Å². The molecule has 118 valence electrons. The molecule has 0 bridgehead atoms. The van der Waals surface area contributed by atoms with Crippen LogP contribution in [0.3, 0.4) is 0 Å². The van der Waals surface area contributed by atoms with E-state index in [1.165, 1.54) is 70.6 Å². The van der Waals surface area contributed by atoms with Crippen molar-refractivity contribution in [3.05, 3.63) is 29.6 Å². The molecule has 1 N–H and O–H groups in total. The Balaban J connectivity index is 1.90. The van der Waals surface area contributed by atoms with Crippen LogP contribution >= 0.6 is 0 Å². The molecule has 21 heavy (non-hydrogen) atoms. The van der Waals surface area contributed by atoms with Crippen molar-refractivity contribution in [3.8, 4) is 0 Å². The molecule has 0 spiro atoms. The fraction of sp³-hybridized carbons (Fsp3) is 0.684. The summed E-state index contributed by atoms with van der Waals surface area (Å²) in [5.74, 6) is -0.110. The van der Waals surface area contributed by atoms with Crippen LogP contribution in [0.1, 0.15) is 76.2 Å². The fourth-order valence-corrected chi connectivity index (χ4v) is 3.26. The molecule has 1 aliphatic rings. The van der Waals surface area contributed by atoms with Gasteiger partial charge in [-0.05, 0) is 37.5 Å². The van der Waals surface area contributed by atoms with Crippen LogP contribution in [0.5, 0.6) is 0 Å².